The number of aliphatic carboxylic acids is 1. The maximum atomic E-state index is 11.7. The van der Waals surface area contributed by atoms with Crippen molar-refractivity contribution in [2.45, 2.75) is 19.4 Å². The van der Waals surface area contributed by atoms with Gasteiger partial charge in [-0.05, 0) is 13.3 Å². The van der Waals surface area contributed by atoms with E-state index in [-0.39, 0.29) is 18.5 Å². The second-order valence-corrected chi connectivity index (χ2v) is 3.87. The van der Waals surface area contributed by atoms with Crippen LogP contribution < -0.4 is 5.32 Å². The highest BCUT2D eigenvalue weighted by Crippen LogP contribution is 2.23. The molecule has 0 spiro atoms. The monoisotopic (exact) mass is 224 g/mol. The SMILES string of the molecule is C#CCNCC(=O)N1CCC(C(=O)O)C1C. The predicted molar refractivity (Wildman–Crippen MR) is 58.6 cm³/mol. The van der Waals surface area contributed by atoms with Crippen molar-refractivity contribution >= 4 is 11.9 Å². The molecule has 88 valence electrons. The molecule has 2 N–H and O–H groups in total. The number of terminal acetylenes is 1. The Morgan fingerprint density at radius 1 is 1.62 bits per heavy atom. The molecule has 0 bridgehead atoms. The number of amides is 1. The fourth-order valence-corrected chi connectivity index (χ4v) is 1.97. The van der Waals surface area contributed by atoms with Crippen LogP contribution in [-0.4, -0.2) is 47.6 Å². The maximum absolute atomic E-state index is 11.7. The third kappa shape index (κ3) is 2.74. The van der Waals surface area contributed by atoms with Gasteiger partial charge in [0.2, 0.25) is 5.91 Å². The van der Waals surface area contributed by atoms with Gasteiger partial charge in [0.25, 0.3) is 0 Å². The fourth-order valence-electron chi connectivity index (χ4n) is 1.97. The lowest BCUT2D eigenvalue weighted by molar-refractivity contribution is -0.142. The lowest BCUT2D eigenvalue weighted by Crippen LogP contribution is -2.42. The van der Waals surface area contributed by atoms with Crippen LogP contribution in [0.2, 0.25) is 0 Å². The summed E-state index contributed by atoms with van der Waals surface area (Å²) in [6.45, 7) is 2.79. The summed E-state index contributed by atoms with van der Waals surface area (Å²) in [5.74, 6) is 1.00. The van der Waals surface area contributed by atoms with Gasteiger partial charge in [-0.15, -0.1) is 6.42 Å². The van der Waals surface area contributed by atoms with Crippen LogP contribution in [0.25, 0.3) is 0 Å². The number of hydrogen-bond acceptors (Lipinski definition) is 3. The molecule has 0 saturated carbocycles. The van der Waals surface area contributed by atoms with E-state index < -0.39 is 11.9 Å². The molecule has 0 aromatic carbocycles. The minimum absolute atomic E-state index is 0.0912. The molecule has 1 aliphatic heterocycles. The van der Waals surface area contributed by atoms with E-state index in [2.05, 4.69) is 11.2 Å². The summed E-state index contributed by atoms with van der Waals surface area (Å²) in [4.78, 5) is 24.2. The van der Waals surface area contributed by atoms with Gasteiger partial charge in [-0.3, -0.25) is 14.9 Å². The molecular weight excluding hydrogens is 208 g/mol. The standard InChI is InChI=1S/C11H16N2O3/c1-3-5-12-7-10(14)13-6-4-9(8(13)2)11(15)16/h1,8-9,12H,4-7H2,2H3,(H,15,16). The van der Waals surface area contributed by atoms with E-state index in [1.54, 1.807) is 11.8 Å². The Morgan fingerprint density at radius 3 is 2.81 bits per heavy atom. The van der Waals surface area contributed by atoms with Crippen LogP contribution in [0.15, 0.2) is 0 Å². The Kier molecular flexibility index (Phi) is 4.32. The Bertz CT molecular complexity index is 322. The topological polar surface area (TPSA) is 69.6 Å². The van der Waals surface area contributed by atoms with Gasteiger partial charge in [0, 0.05) is 12.6 Å². The molecule has 1 amide bonds. The Labute approximate surface area is 94.8 Å². The number of carbonyl (C=O) groups is 2. The number of nitrogens with one attached hydrogen (secondary N) is 1. The normalized spacial score (nSPS) is 24.1. The highest BCUT2D eigenvalue weighted by molar-refractivity contribution is 5.81. The number of likely N-dealkylation sites (tertiary alicyclic amines) is 1. The number of carbonyl (C=O) groups excluding carboxylic acids is 1. The molecule has 16 heavy (non-hydrogen) atoms. The Morgan fingerprint density at radius 2 is 2.31 bits per heavy atom. The van der Waals surface area contributed by atoms with E-state index in [1.165, 1.54) is 0 Å². The highest BCUT2D eigenvalue weighted by atomic mass is 16.4. The minimum Gasteiger partial charge on any atom is -0.481 e. The molecule has 1 heterocycles. The first-order valence-electron chi connectivity index (χ1n) is 5.24. The smallest absolute Gasteiger partial charge is 0.308 e. The van der Waals surface area contributed by atoms with Gasteiger partial charge in [0.05, 0.1) is 19.0 Å². The molecule has 1 fully saturated rings. The second-order valence-electron chi connectivity index (χ2n) is 3.87. The van der Waals surface area contributed by atoms with Gasteiger partial charge < -0.3 is 10.0 Å². The lowest BCUT2D eigenvalue weighted by atomic mass is 10.0. The summed E-state index contributed by atoms with van der Waals surface area (Å²) in [6.07, 6.45) is 5.57. The minimum atomic E-state index is -0.834. The summed E-state index contributed by atoms with van der Waals surface area (Å²) in [5.41, 5.74) is 0. The molecule has 0 aromatic heterocycles. The van der Waals surface area contributed by atoms with Gasteiger partial charge in [0.1, 0.15) is 0 Å². The van der Waals surface area contributed by atoms with Crippen LogP contribution in [0, 0.1) is 18.3 Å². The van der Waals surface area contributed by atoms with Gasteiger partial charge in [-0.2, -0.15) is 0 Å². The van der Waals surface area contributed by atoms with E-state index in [9.17, 15) is 9.59 Å². The van der Waals surface area contributed by atoms with E-state index in [0.717, 1.165) is 0 Å². The van der Waals surface area contributed by atoms with Gasteiger partial charge in [-0.25, -0.2) is 0 Å². The first-order valence-corrected chi connectivity index (χ1v) is 5.24. The van der Waals surface area contributed by atoms with Crippen molar-refractivity contribution in [3.63, 3.8) is 0 Å². The largest absolute Gasteiger partial charge is 0.481 e. The average molecular weight is 224 g/mol. The first kappa shape index (κ1) is 12.5. The molecule has 2 atom stereocenters. The van der Waals surface area contributed by atoms with E-state index in [0.29, 0.717) is 19.5 Å². The van der Waals surface area contributed by atoms with Crippen LogP contribution in [0.4, 0.5) is 0 Å². The van der Waals surface area contributed by atoms with Crippen LogP contribution in [-0.2, 0) is 9.59 Å². The fraction of sp³-hybridized carbons (Fsp3) is 0.636. The molecule has 1 rings (SSSR count). The molecule has 0 aromatic rings. The molecule has 0 aliphatic carbocycles. The maximum Gasteiger partial charge on any atom is 0.308 e. The van der Waals surface area contributed by atoms with Crippen molar-refractivity contribution < 1.29 is 14.7 Å². The van der Waals surface area contributed by atoms with Crippen molar-refractivity contribution in [2.75, 3.05) is 19.6 Å². The predicted octanol–water partition coefficient (Wildman–Crippen LogP) is -0.469. The van der Waals surface area contributed by atoms with Crippen molar-refractivity contribution in [1.82, 2.24) is 10.2 Å². The molecule has 0 radical (unpaired) electrons. The van der Waals surface area contributed by atoms with E-state index in [4.69, 9.17) is 11.5 Å². The Hall–Kier alpha value is -1.54. The summed E-state index contributed by atoms with van der Waals surface area (Å²) in [7, 11) is 0. The van der Waals surface area contributed by atoms with E-state index >= 15 is 0 Å². The molecular formula is C11H16N2O3. The average Bonchev–Trinajstić information content (AvgIpc) is 2.60. The summed E-state index contributed by atoms with van der Waals surface area (Å²) >= 11 is 0. The van der Waals surface area contributed by atoms with Crippen LogP contribution in [0.3, 0.4) is 0 Å². The summed E-state index contributed by atoms with van der Waals surface area (Å²) in [5, 5.41) is 11.7. The molecule has 5 heteroatoms. The van der Waals surface area contributed by atoms with Crippen LogP contribution >= 0.6 is 0 Å². The van der Waals surface area contributed by atoms with Crippen molar-refractivity contribution in [3.8, 4) is 12.3 Å². The number of rotatable bonds is 4. The van der Waals surface area contributed by atoms with Gasteiger partial charge >= 0.3 is 5.97 Å². The highest BCUT2D eigenvalue weighted by Gasteiger charge is 2.37. The zero-order valence-electron chi connectivity index (χ0n) is 9.27. The van der Waals surface area contributed by atoms with Gasteiger partial charge in [-0.1, -0.05) is 5.92 Å². The summed E-state index contributed by atoms with van der Waals surface area (Å²) in [6, 6.07) is -0.238. The number of nitrogens with zero attached hydrogens (tertiary/aromatic N) is 1. The first-order chi connectivity index (χ1) is 7.57. The van der Waals surface area contributed by atoms with Crippen LogP contribution in [0.1, 0.15) is 13.3 Å². The number of carboxylic acids is 1. The third-order valence-electron chi connectivity index (χ3n) is 2.90. The van der Waals surface area contributed by atoms with Crippen molar-refractivity contribution in [3.05, 3.63) is 0 Å². The molecule has 1 aliphatic rings. The zero-order chi connectivity index (χ0) is 12.1. The van der Waals surface area contributed by atoms with Crippen LogP contribution in [0.5, 0.6) is 0 Å². The lowest BCUT2D eigenvalue weighted by Gasteiger charge is -2.23. The molecule has 1 saturated heterocycles. The molecule has 5 nitrogen and oxygen atoms in total. The van der Waals surface area contributed by atoms with E-state index in [1.807, 2.05) is 0 Å². The number of carboxylic acid groups (broad SMARTS) is 1. The Balaban J connectivity index is 2.47. The van der Waals surface area contributed by atoms with Crippen molar-refractivity contribution in [2.24, 2.45) is 5.92 Å². The molecule has 2 unspecified atom stereocenters. The zero-order valence-corrected chi connectivity index (χ0v) is 9.27. The van der Waals surface area contributed by atoms with Crippen molar-refractivity contribution in [1.29, 1.82) is 0 Å². The number of hydrogen-bond donors (Lipinski definition) is 2. The van der Waals surface area contributed by atoms with Gasteiger partial charge in [0.15, 0.2) is 0 Å². The second kappa shape index (κ2) is 5.52. The quantitative estimate of drug-likeness (QED) is 0.500. The third-order valence-corrected chi connectivity index (χ3v) is 2.90. The summed E-state index contributed by atoms with van der Waals surface area (Å²) < 4.78 is 0.